The number of carbonyl (C=O) groups excluding carboxylic acids is 2. The molecule has 0 radical (unpaired) electrons. The Morgan fingerprint density at radius 3 is 2.20 bits per heavy atom. The van der Waals surface area contributed by atoms with Gasteiger partial charge in [-0.15, -0.1) is 0 Å². The van der Waals surface area contributed by atoms with Crippen LogP contribution in [0, 0.1) is 5.92 Å². The Kier molecular flexibility index (Phi) is 8.13. The molecule has 8 heteroatoms. The van der Waals surface area contributed by atoms with Crippen molar-refractivity contribution in [2.24, 2.45) is 5.92 Å². The van der Waals surface area contributed by atoms with E-state index >= 15 is 0 Å². The zero-order chi connectivity index (χ0) is 19.0. The van der Waals surface area contributed by atoms with Crippen LogP contribution in [0.25, 0.3) is 0 Å². The molecule has 0 saturated heterocycles. The number of carboxylic acids is 2. The molecule has 136 valence electrons. The number of hydrogen-bond donors (Lipinski definition) is 2. The summed E-state index contributed by atoms with van der Waals surface area (Å²) in [6.45, 7) is 2.21. The Labute approximate surface area is 150 Å². The van der Waals surface area contributed by atoms with Gasteiger partial charge in [0.1, 0.15) is 12.6 Å². The van der Waals surface area contributed by atoms with E-state index in [0.717, 1.165) is 16.7 Å². The first-order chi connectivity index (χ1) is 11.7. The number of thioether (sulfide) groups is 1. The van der Waals surface area contributed by atoms with Gasteiger partial charge in [-0.05, 0) is 5.56 Å². The van der Waals surface area contributed by atoms with Crippen LogP contribution in [-0.4, -0.2) is 56.4 Å². The van der Waals surface area contributed by atoms with Gasteiger partial charge in [-0.25, -0.2) is 4.79 Å². The first-order valence-corrected chi connectivity index (χ1v) is 8.63. The average molecular weight is 367 g/mol. The van der Waals surface area contributed by atoms with Crippen molar-refractivity contribution in [1.29, 1.82) is 0 Å². The number of amides is 1. The molecule has 7 nitrogen and oxygen atoms in total. The second-order valence-corrected chi connectivity index (χ2v) is 6.80. The Bertz CT molecular complexity index is 633. The molecule has 2 N–H and O–H groups in total. The molecule has 2 atom stereocenters. The number of nitrogens with zero attached hydrogens (tertiary/aromatic N) is 1. The molecule has 0 bridgehead atoms. The number of hydrogen-bond acceptors (Lipinski definition) is 5. The molecular weight excluding hydrogens is 346 g/mol. The van der Waals surface area contributed by atoms with E-state index in [2.05, 4.69) is 0 Å². The second kappa shape index (κ2) is 9.83. The van der Waals surface area contributed by atoms with Gasteiger partial charge in [-0.2, -0.15) is 0 Å². The lowest BCUT2D eigenvalue weighted by Crippen LogP contribution is -2.50. The van der Waals surface area contributed by atoms with Gasteiger partial charge in [0.25, 0.3) is 0 Å². The highest BCUT2D eigenvalue weighted by molar-refractivity contribution is 8.13. The van der Waals surface area contributed by atoms with Gasteiger partial charge >= 0.3 is 11.9 Å². The third-order valence-electron chi connectivity index (χ3n) is 3.48. The average Bonchev–Trinajstić information content (AvgIpc) is 2.55. The fraction of sp³-hybridized carbons (Fsp3) is 0.412. The van der Waals surface area contributed by atoms with Crippen LogP contribution in [0.1, 0.15) is 19.4 Å². The monoisotopic (exact) mass is 367 g/mol. The van der Waals surface area contributed by atoms with Crippen molar-refractivity contribution in [2.45, 2.75) is 26.3 Å². The van der Waals surface area contributed by atoms with Crippen molar-refractivity contribution in [3.63, 3.8) is 0 Å². The summed E-state index contributed by atoms with van der Waals surface area (Å²) >= 11 is 0.947. The zero-order valence-corrected chi connectivity index (χ0v) is 14.9. The Morgan fingerprint density at radius 1 is 1.12 bits per heavy atom. The minimum absolute atomic E-state index is 0.00175. The van der Waals surface area contributed by atoms with E-state index in [1.807, 2.05) is 0 Å². The molecule has 1 rings (SSSR count). The van der Waals surface area contributed by atoms with Crippen molar-refractivity contribution < 1.29 is 29.4 Å². The SMILES string of the molecule is CC(=O)SCC(C)C(=O)N(CC(=O)O)[C@@H](Cc1ccccc1)C(=O)O. The molecule has 1 aromatic carbocycles. The van der Waals surface area contributed by atoms with Crippen molar-refractivity contribution in [3.05, 3.63) is 35.9 Å². The van der Waals surface area contributed by atoms with Crippen molar-refractivity contribution in [2.75, 3.05) is 12.3 Å². The molecule has 1 amide bonds. The number of aliphatic carboxylic acids is 2. The molecule has 0 heterocycles. The van der Waals surface area contributed by atoms with Crippen LogP contribution in [0.5, 0.6) is 0 Å². The van der Waals surface area contributed by atoms with Crippen LogP contribution in [0.15, 0.2) is 30.3 Å². The first kappa shape index (κ1) is 20.7. The highest BCUT2D eigenvalue weighted by Crippen LogP contribution is 2.17. The predicted molar refractivity (Wildman–Crippen MR) is 93.2 cm³/mol. The third-order valence-corrected chi connectivity index (χ3v) is 4.55. The molecule has 0 spiro atoms. The van der Waals surface area contributed by atoms with Gasteiger partial charge in [0.05, 0.1) is 0 Å². The molecule has 0 aliphatic heterocycles. The maximum absolute atomic E-state index is 12.6. The highest BCUT2D eigenvalue weighted by Gasteiger charge is 2.33. The standard InChI is InChI=1S/C17H21NO6S/c1-11(10-25-12(2)19)16(22)18(9-15(20)21)14(17(23)24)8-13-6-4-3-5-7-13/h3-7,11,14H,8-10H2,1-2H3,(H,20,21)(H,23,24)/t11?,14-/m0/s1. The molecule has 0 saturated carbocycles. The van der Waals surface area contributed by atoms with Crippen LogP contribution in [-0.2, 0) is 25.6 Å². The van der Waals surface area contributed by atoms with Gasteiger partial charge in [-0.3, -0.25) is 14.4 Å². The minimum atomic E-state index is -1.30. The lowest BCUT2D eigenvalue weighted by molar-refractivity contribution is -0.155. The lowest BCUT2D eigenvalue weighted by atomic mass is 10.0. The lowest BCUT2D eigenvalue weighted by Gasteiger charge is -2.30. The van der Waals surface area contributed by atoms with E-state index in [9.17, 15) is 24.3 Å². The number of benzene rings is 1. The molecule has 0 fully saturated rings. The molecule has 1 unspecified atom stereocenters. The van der Waals surface area contributed by atoms with Gasteiger partial charge in [0, 0.05) is 25.0 Å². The maximum Gasteiger partial charge on any atom is 0.326 e. The number of carboxylic acid groups (broad SMARTS) is 2. The quantitative estimate of drug-likeness (QED) is 0.680. The summed E-state index contributed by atoms with van der Waals surface area (Å²) in [4.78, 5) is 47.3. The summed E-state index contributed by atoms with van der Waals surface area (Å²) in [5.74, 6) is -3.67. The fourth-order valence-corrected chi connectivity index (χ4v) is 2.88. The topological polar surface area (TPSA) is 112 Å². The fourth-order valence-electron chi connectivity index (χ4n) is 2.25. The van der Waals surface area contributed by atoms with Crippen LogP contribution < -0.4 is 0 Å². The maximum atomic E-state index is 12.6. The Balaban J connectivity index is 3.02. The molecule has 0 aliphatic rings. The first-order valence-electron chi connectivity index (χ1n) is 7.64. The molecule has 1 aromatic rings. The second-order valence-electron chi connectivity index (χ2n) is 5.61. The summed E-state index contributed by atoms with van der Waals surface area (Å²) < 4.78 is 0. The van der Waals surface area contributed by atoms with Crippen LogP contribution >= 0.6 is 11.8 Å². The molecular formula is C17H21NO6S. The third kappa shape index (κ3) is 6.96. The summed E-state index contributed by atoms with van der Waals surface area (Å²) in [5, 5.41) is 18.4. The van der Waals surface area contributed by atoms with E-state index < -0.39 is 36.4 Å². The van der Waals surface area contributed by atoms with E-state index in [1.165, 1.54) is 6.92 Å². The smallest absolute Gasteiger partial charge is 0.326 e. The molecule has 25 heavy (non-hydrogen) atoms. The predicted octanol–water partition coefficient (Wildman–Crippen LogP) is 1.51. The van der Waals surface area contributed by atoms with Crippen molar-refractivity contribution >= 4 is 34.7 Å². The Hall–Kier alpha value is -2.35. The van der Waals surface area contributed by atoms with Crippen LogP contribution in [0.2, 0.25) is 0 Å². The minimum Gasteiger partial charge on any atom is -0.480 e. The van der Waals surface area contributed by atoms with Gasteiger partial charge in [0.15, 0.2) is 5.12 Å². The van der Waals surface area contributed by atoms with Crippen LogP contribution in [0.3, 0.4) is 0 Å². The number of rotatable bonds is 9. The summed E-state index contributed by atoms with van der Waals surface area (Å²) in [5.41, 5.74) is 0.684. The summed E-state index contributed by atoms with van der Waals surface area (Å²) in [6.07, 6.45) is 0.00175. The van der Waals surface area contributed by atoms with E-state index in [-0.39, 0.29) is 17.3 Å². The largest absolute Gasteiger partial charge is 0.480 e. The van der Waals surface area contributed by atoms with Gasteiger partial charge in [0.2, 0.25) is 5.91 Å². The molecule has 0 aromatic heterocycles. The number of carbonyl (C=O) groups is 4. The molecule has 0 aliphatic carbocycles. The van der Waals surface area contributed by atoms with Gasteiger partial charge in [-0.1, -0.05) is 49.0 Å². The van der Waals surface area contributed by atoms with Crippen LogP contribution in [0.4, 0.5) is 0 Å². The van der Waals surface area contributed by atoms with E-state index in [1.54, 1.807) is 37.3 Å². The van der Waals surface area contributed by atoms with E-state index in [0.29, 0.717) is 5.56 Å². The zero-order valence-electron chi connectivity index (χ0n) is 14.0. The van der Waals surface area contributed by atoms with E-state index in [4.69, 9.17) is 5.11 Å². The normalized spacial score (nSPS) is 12.9. The summed E-state index contributed by atoms with van der Waals surface area (Å²) in [7, 11) is 0. The highest BCUT2D eigenvalue weighted by atomic mass is 32.2. The van der Waals surface area contributed by atoms with Crippen molar-refractivity contribution in [1.82, 2.24) is 4.90 Å². The van der Waals surface area contributed by atoms with Crippen molar-refractivity contribution in [3.8, 4) is 0 Å². The Morgan fingerprint density at radius 2 is 1.72 bits per heavy atom. The van der Waals surface area contributed by atoms with Gasteiger partial charge < -0.3 is 15.1 Å². The summed E-state index contributed by atoms with van der Waals surface area (Å²) in [6, 6.07) is 7.40.